The largest absolute Gasteiger partial charge is 0.318 e. The standard InChI is InChI=1S/C13H7BrClFN2O3/c14-8-5-4-7(6-11(8)18(20)21)13(19)17-12-9(15)2-1-3-10(12)16/h1-6H,(H,17,19). The van der Waals surface area contributed by atoms with Crippen LogP contribution in [0.15, 0.2) is 40.9 Å². The minimum atomic E-state index is -0.697. The van der Waals surface area contributed by atoms with Gasteiger partial charge in [0.15, 0.2) is 0 Å². The van der Waals surface area contributed by atoms with Crippen LogP contribution in [0.25, 0.3) is 0 Å². The summed E-state index contributed by atoms with van der Waals surface area (Å²) in [4.78, 5) is 22.2. The third-order valence-electron chi connectivity index (χ3n) is 2.61. The average molecular weight is 374 g/mol. The van der Waals surface area contributed by atoms with Crippen molar-refractivity contribution in [1.82, 2.24) is 0 Å². The summed E-state index contributed by atoms with van der Waals surface area (Å²) >= 11 is 8.81. The van der Waals surface area contributed by atoms with Crippen LogP contribution < -0.4 is 5.32 Å². The molecule has 2 aromatic rings. The lowest BCUT2D eigenvalue weighted by atomic mass is 10.2. The number of carbonyl (C=O) groups excluding carboxylic acids is 1. The molecule has 0 bridgehead atoms. The summed E-state index contributed by atoms with van der Waals surface area (Å²) in [6.07, 6.45) is 0. The summed E-state index contributed by atoms with van der Waals surface area (Å²) in [6.45, 7) is 0. The summed E-state index contributed by atoms with van der Waals surface area (Å²) in [5.41, 5.74) is -0.416. The third kappa shape index (κ3) is 3.37. The molecule has 0 aromatic heterocycles. The summed E-state index contributed by atoms with van der Waals surface area (Å²) in [5.74, 6) is -1.39. The third-order valence-corrected chi connectivity index (χ3v) is 3.59. The number of para-hydroxylation sites is 1. The highest BCUT2D eigenvalue weighted by Crippen LogP contribution is 2.28. The predicted octanol–water partition coefficient (Wildman–Crippen LogP) is 4.40. The monoisotopic (exact) mass is 372 g/mol. The van der Waals surface area contributed by atoms with Gasteiger partial charge in [0.25, 0.3) is 11.6 Å². The number of rotatable bonds is 3. The zero-order valence-corrected chi connectivity index (χ0v) is 12.6. The van der Waals surface area contributed by atoms with E-state index in [4.69, 9.17) is 11.6 Å². The smallest absolute Gasteiger partial charge is 0.284 e. The highest BCUT2D eigenvalue weighted by Gasteiger charge is 2.17. The number of nitrogens with zero attached hydrogens (tertiary/aromatic N) is 1. The fraction of sp³-hybridized carbons (Fsp3) is 0. The van der Waals surface area contributed by atoms with Crippen LogP contribution >= 0.6 is 27.5 Å². The molecule has 0 aliphatic rings. The van der Waals surface area contributed by atoms with Crippen LogP contribution in [0.2, 0.25) is 5.02 Å². The molecule has 2 aromatic carbocycles. The Hall–Kier alpha value is -1.99. The van der Waals surface area contributed by atoms with Crippen molar-refractivity contribution in [2.75, 3.05) is 5.32 Å². The van der Waals surface area contributed by atoms with Crippen molar-refractivity contribution in [3.8, 4) is 0 Å². The summed E-state index contributed by atoms with van der Waals surface area (Å²) < 4.78 is 13.8. The maximum atomic E-state index is 13.6. The number of halogens is 3. The Bertz CT molecular complexity index is 719. The molecule has 21 heavy (non-hydrogen) atoms. The van der Waals surface area contributed by atoms with E-state index >= 15 is 0 Å². The molecule has 5 nitrogen and oxygen atoms in total. The van der Waals surface area contributed by atoms with Gasteiger partial charge in [-0.05, 0) is 40.2 Å². The van der Waals surface area contributed by atoms with Crippen LogP contribution in [0.5, 0.6) is 0 Å². The fourth-order valence-electron chi connectivity index (χ4n) is 1.60. The lowest BCUT2D eigenvalue weighted by molar-refractivity contribution is -0.385. The Morgan fingerprint density at radius 2 is 2.05 bits per heavy atom. The Kier molecular flexibility index (Phi) is 4.54. The lowest BCUT2D eigenvalue weighted by Crippen LogP contribution is -2.13. The van der Waals surface area contributed by atoms with E-state index in [9.17, 15) is 19.3 Å². The quantitative estimate of drug-likeness (QED) is 0.640. The van der Waals surface area contributed by atoms with Gasteiger partial charge in [0.1, 0.15) is 5.82 Å². The molecular formula is C13H7BrClFN2O3. The van der Waals surface area contributed by atoms with Gasteiger partial charge in [-0.15, -0.1) is 0 Å². The molecule has 8 heteroatoms. The van der Waals surface area contributed by atoms with Gasteiger partial charge < -0.3 is 5.32 Å². The number of hydrogen-bond acceptors (Lipinski definition) is 3. The molecule has 0 spiro atoms. The van der Waals surface area contributed by atoms with E-state index in [1.165, 1.54) is 24.3 Å². The van der Waals surface area contributed by atoms with E-state index in [1.54, 1.807) is 0 Å². The fourth-order valence-corrected chi connectivity index (χ4v) is 2.20. The number of carbonyl (C=O) groups is 1. The first-order valence-corrected chi connectivity index (χ1v) is 6.76. The Morgan fingerprint density at radius 1 is 1.33 bits per heavy atom. The first-order chi connectivity index (χ1) is 9.90. The van der Waals surface area contributed by atoms with Crippen LogP contribution in [0.4, 0.5) is 15.8 Å². The van der Waals surface area contributed by atoms with Crippen molar-refractivity contribution in [3.05, 3.63) is 67.4 Å². The van der Waals surface area contributed by atoms with Gasteiger partial charge in [-0.3, -0.25) is 14.9 Å². The van der Waals surface area contributed by atoms with Crippen LogP contribution in [-0.4, -0.2) is 10.8 Å². The maximum Gasteiger partial charge on any atom is 0.284 e. The lowest BCUT2D eigenvalue weighted by Gasteiger charge is -2.08. The first kappa shape index (κ1) is 15.4. The SMILES string of the molecule is O=C(Nc1c(F)cccc1Cl)c1ccc(Br)c([N+](=O)[O-])c1. The highest BCUT2D eigenvalue weighted by atomic mass is 79.9. The molecule has 0 unspecified atom stereocenters. The molecule has 0 radical (unpaired) electrons. The molecule has 0 saturated heterocycles. The van der Waals surface area contributed by atoms with Crippen LogP contribution in [0.3, 0.4) is 0 Å². The number of hydrogen-bond donors (Lipinski definition) is 1. The van der Waals surface area contributed by atoms with Crippen molar-refractivity contribution < 1.29 is 14.1 Å². The molecule has 0 heterocycles. The second-order valence-electron chi connectivity index (χ2n) is 3.97. The van der Waals surface area contributed by atoms with Gasteiger partial charge in [-0.25, -0.2) is 4.39 Å². The molecule has 108 valence electrons. The predicted molar refractivity (Wildman–Crippen MR) is 80.2 cm³/mol. The van der Waals surface area contributed by atoms with Crippen LogP contribution in [0, 0.1) is 15.9 Å². The first-order valence-electron chi connectivity index (χ1n) is 5.59. The van der Waals surface area contributed by atoms with E-state index in [-0.39, 0.29) is 26.4 Å². The van der Waals surface area contributed by atoms with Crippen molar-refractivity contribution in [2.24, 2.45) is 0 Å². The molecule has 1 amide bonds. The van der Waals surface area contributed by atoms with Gasteiger partial charge >= 0.3 is 0 Å². The second kappa shape index (κ2) is 6.19. The molecule has 0 saturated carbocycles. The molecule has 0 aliphatic carbocycles. The van der Waals surface area contributed by atoms with Crippen LogP contribution in [-0.2, 0) is 0 Å². The number of anilines is 1. The Morgan fingerprint density at radius 3 is 2.67 bits per heavy atom. The molecule has 1 N–H and O–H groups in total. The molecule has 0 fully saturated rings. The van der Waals surface area contributed by atoms with Crippen molar-refractivity contribution in [2.45, 2.75) is 0 Å². The zero-order chi connectivity index (χ0) is 15.6. The minimum Gasteiger partial charge on any atom is -0.318 e. The van der Waals surface area contributed by atoms with Crippen LogP contribution in [0.1, 0.15) is 10.4 Å². The van der Waals surface area contributed by atoms with Gasteiger partial charge in [0, 0.05) is 11.6 Å². The Labute approximate surface area is 132 Å². The normalized spacial score (nSPS) is 10.2. The van der Waals surface area contributed by atoms with Crippen molar-refractivity contribution >= 4 is 44.8 Å². The van der Waals surface area contributed by atoms with E-state index in [0.29, 0.717) is 0 Å². The summed E-state index contributed by atoms with van der Waals surface area (Å²) in [6, 6.07) is 7.80. The van der Waals surface area contributed by atoms with Crippen molar-refractivity contribution in [1.29, 1.82) is 0 Å². The molecular weight excluding hydrogens is 367 g/mol. The average Bonchev–Trinajstić information content (AvgIpc) is 2.43. The van der Waals surface area contributed by atoms with E-state index < -0.39 is 16.6 Å². The minimum absolute atomic E-state index is 0.0178. The van der Waals surface area contributed by atoms with Gasteiger partial charge in [-0.2, -0.15) is 0 Å². The zero-order valence-electron chi connectivity index (χ0n) is 10.3. The molecule has 0 atom stereocenters. The maximum absolute atomic E-state index is 13.6. The van der Waals surface area contributed by atoms with Gasteiger partial charge in [0.05, 0.1) is 20.1 Å². The summed E-state index contributed by atoms with van der Waals surface area (Å²) in [5, 5.41) is 13.2. The second-order valence-corrected chi connectivity index (χ2v) is 5.24. The summed E-state index contributed by atoms with van der Waals surface area (Å²) in [7, 11) is 0. The van der Waals surface area contributed by atoms with Crippen molar-refractivity contribution in [3.63, 3.8) is 0 Å². The van der Waals surface area contributed by atoms with E-state index in [2.05, 4.69) is 21.2 Å². The van der Waals surface area contributed by atoms with Gasteiger partial charge in [0.2, 0.25) is 0 Å². The molecule has 0 aliphatic heterocycles. The molecule has 2 rings (SSSR count). The van der Waals surface area contributed by atoms with Gasteiger partial charge in [-0.1, -0.05) is 17.7 Å². The number of nitrogens with one attached hydrogen (secondary N) is 1. The van der Waals surface area contributed by atoms with E-state index in [1.807, 2.05) is 0 Å². The number of amides is 1. The highest BCUT2D eigenvalue weighted by molar-refractivity contribution is 9.10. The van der Waals surface area contributed by atoms with E-state index in [0.717, 1.165) is 12.1 Å². The number of benzene rings is 2. The topological polar surface area (TPSA) is 72.2 Å². The Balaban J connectivity index is 2.33. The number of nitro groups is 1. The number of nitro benzene ring substituents is 1.